The molecule has 90 valence electrons. The van der Waals surface area contributed by atoms with Crippen molar-refractivity contribution < 1.29 is 0 Å². The molecule has 1 aliphatic heterocycles. The molecule has 0 spiro atoms. The lowest BCUT2D eigenvalue weighted by molar-refractivity contribution is 0.661. The minimum absolute atomic E-state index is 0.150. The second-order valence-electron chi connectivity index (χ2n) is 4.03. The summed E-state index contributed by atoms with van der Waals surface area (Å²) in [5.41, 5.74) is 1.61. The molecule has 0 saturated heterocycles. The van der Waals surface area contributed by atoms with E-state index in [0.717, 1.165) is 11.3 Å². The minimum atomic E-state index is -0.150. The van der Waals surface area contributed by atoms with E-state index in [9.17, 15) is 4.79 Å². The van der Waals surface area contributed by atoms with Crippen molar-refractivity contribution in [1.29, 1.82) is 0 Å². The van der Waals surface area contributed by atoms with Gasteiger partial charge >= 0.3 is 5.69 Å². The smallest absolute Gasteiger partial charge is 0.284 e. The topological polar surface area (TPSA) is 52.2 Å². The largest absolute Gasteiger partial charge is 0.350 e. The number of para-hydroxylation sites is 1. The van der Waals surface area contributed by atoms with E-state index in [1.165, 1.54) is 4.68 Å². The average molecular weight is 240 g/mol. The zero-order chi connectivity index (χ0) is 12.5. The van der Waals surface area contributed by atoms with Crippen LogP contribution in [-0.2, 0) is 13.1 Å². The van der Waals surface area contributed by atoms with Gasteiger partial charge in [0.05, 0.1) is 18.8 Å². The molecular formula is C13H12N4O. The zero-order valence-electron chi connectivity index (χ0n) is 9.78. The van der Waals surface area contributed by atoms with Crippen LogP contribution in [0.3, 0.4) is 0 Å². The van der Waals surface area contributed by atoms with Crippen LogP contribution < -0.4 is 5.69 Å². The fraction of sp³-hybridized carbons (Fsp3) is 0.154. The van der Waals surface area contributed by atoms with Crippen molar-refractivity contribution in [3.05, 3.63) is 58.8 Å². The third-order valence-electron chi connectivity index (χ3n) is 2.85. The Bertz CT molecular complexity index is 693. The van der Waals surface area contributed by atoms with Crippen LogP contribution >= 0.6 is 0 Å². The molecule has 0 atom stereocenters. The van der Waals surface area contributed by atoms with E-state index < -0.39 is 0 Å². The van der Waals surface area contributed by atoms with Gasteiger partial charge in [-0.1, -0.05) is 24.3 Å². The van der Waals surface area contributed by atoms with Gasteiger partial charge in [0, 0.05) is 11.8 Å². The molecule has 0 fully saturated rings. The van der Waals surface area contributed by atoms with Gasteiger partial charge in [0.1, 0.15) is 0 Å². The third kappa shape index (κ3) is 1.52. The lowest BCUT2D eigenvalue weighted by Crippen LogP contribution is -2.24. The number of allylic oxidation sites excluding steroid dienone is 1. The van der Waals surface area contributed by atoms with Crippen LogP contribution in [0.1, 0.15) is 11.4 Å². The van der Waals surface area contributed by atoms with Crippen LogP contribution in [0.2, 0.25) is 0 Å². The summed E-state index contributed by atoms with van der Waals surface area (Å²) in [5.74, 6) is 0.656. The van der Waals surface area contributed by atoms with E-state index in [-0.39, 0.29) is 5.69 Å². The number of hydrogen-bond donors (Lipinski definition) is 0. The van der Waals surface area contributed by atoms with Gasteiger partial charge in [0.15, 0.2) is 5.82 Å². The zero-order valence-corrected chi connectivity index (χ0v) is 9.78. The van der Waals surface area contributed by atoms with Crippen LogP contribution in [0.4, 0.5) is 0 Å². The molecule has 0 radical (unpaired) electrons. The maximum Gasteiger partial charge on any atom is 0.350 e. The Balaban J connectivity index is 2.29. The highest BCUT2D eigenvalue weighted by Gasteiger charge is 2.17. The number of fused-ring (bicyclic) bond motifs is 3. The van der Waals surface area contributed by atoms with E-state index in [2.05, 4.69) is 16.7 Å². The molecule has 0 unspecified atom stereocenters. The first-order valence-corrected chi connectivity index (χ1v) is 5.70. The number of aliphatic imine (C=N–C) groups is 1. The van der Waals surface area contributed by atoms with Crippen molar-refractivity contribution in [3.8, 4) is 5.69 Å². The lowest BCUT2D eigenvalue weighted by Gasteiger charge is -2.04. The highest BCUT2D eigenvalue weighted by atomic mass is 16.2. The van der Waals surface area contributed by atoms with Crippen LogP contribution in [0.25, 0.3) is 5.69 Å². The van der Waals surface area contributed by atoms with Gasteiger partial charge in [-0.15, -0.1) is 6.58 Å². The van der Waals surface area contributed by atoms with Crippen LogP contribution in [-0.4, -0.2) is 20.6 Å². The number of aromatic nitrogens is 3. The standard InChI is InChI=1S/C13H12N4O/c1-2-7-16-13(18)17-11-6-4-3-5-10(11)8-14-9-12(17)15-16/h2-6,8H,1,7,9H2. The summed E-state index contributed by atoms with van der Waals surface area (Å²) in [4.78, 5) is 16.6. The van der Waals surface area contributed by atoms with Gasteiger partial charge in [-0.3, -0.25) is 4.99 Å². The van der Waals surface area contributed by atoms with Crippen molar-refractivity contribution in [1.82, 2.24) is 14.3 Å². The maximum absolute atomic E-state index is 12.3. The Labute approximate surface area is 104 Å². The molecular weight excluding hydrogens is 228 g/mol. The Morgan fingerprint density at radius 2 is 2.22 bits per heavy atom. The first-order valence-electron chi connectivity index (χ1n) is 5.70. The van der Waals surface area contributed by atoms with Gasteiger partial charge in [0.2, 0.25) is 0 Å². The molecule has 5 heteroatoms. The van der Waals surface area contributed by atoms with E-state index >= 15 is 0 Å². The average Bonchev–Trinajstić information content (AvgIpc) is 2.59. The summed E-state index contributed by atoms with van der Waals surface area (Å²) in [6.07, 6.45) is 3.44. The van der Waals surface area contributed by atoms with Crippen molar-refractivity contribution in [2.75, 3.05) is 0 Å². The second kappa shape index (κ2) is 4.10. The van der Waals surface area contributed by atoms with Crippen molar-refractivity contribution in [3.63, 3.8) is 0 Å². The molecule has 1 aliphatic rings. The van der Waals surface area contributed by atoms with Crippen molar-refractivity contribution in [2.24, 2.45) is 4.99 Å². The summed E-state index contributed by atoms with van der Waals surface area (Å²) < 4.78 is 3.02. The number of hydrogen-bond acceptors (Lipinski definition) is 3. The van der Waals surface area contributed by atoms with Crippen LogP contribution in [0.15, 0.2) is 46.7 Å². The molecule has 1 aromatic carbocycles. The third-order valence-corrected chi connectivity index (χ3v) is 2.85. The summed E-state index contributed by atoms with van der Waals surface area (Å²) in [6, 6.07) is 7.66. The van der Waals surface area contributed by atoms with Gasteiger partial charge in [-0.25, -0.2) is 14.0 Å². The van der Waals surface area contributed by atoms with Crippen molar-refractivity contribution >= 4 is 6.21 Å². The predicted molar refractivity (Wildman–Crippen MR) is 69.3 cm³/mol. The Kier molecular flexibility index (Phi) is 2.44. The Morgan fingerprint density at radius 1 is 1.39 bits per heavy atom. The fourth-order valence-electron chi connectivity index (χ4n) is 2.06. The molecule has 5 nitrogen and oxygen atoms in total. The summed E-state index contributed by atoms with van der Waals surface area (Å²) in [7, 11) is 0. The molecule has 0 N–H and O–H groups in total. The summed E-state index contributed by atoms with van der Waals surface area (Å²) in [5, 5.41) is 4.28. The number of benzene rings is 1. The molecule has 1 aromatic heterocycles. The number of rotatable bonds is 2. The van der Waals surface area contributed by atoms with E-state index in [1.54, 1.807) is 16.9 Å². The van der Waals surface area contributed by atoms with Crippen LogP contribution in [0.5, 0.6) is 0 Å². The molecule has 18 heavy (non-hydrogen) atoms. The van der Waals surface area contributed by atoms with E-state index in [1.807, 2.05) is 24.3 Å². The summed E-state index contributed by atoms with van der Waals surface area (Å²) in [6.45, 7) is 4.45. The van der Waals surface area contributed by atoms with Gasteiger partial charge in [-0.05, 0) is 6.07 Å². The Morgan fingerprint density at radius 3 is 3.06 bits per heavy atom. The molecule has 0 bridgehead atoms. The lowest BCUT2D eigenvalue weighted by atomic mass is 10.2. The van der Waals surface area contributed by atoms with Crippen molar-refractivity contribution in [2.45, 2.75) is 13.1 Å². The normalized spacial score (nSPS) is 12.7. The van der Waals surface area contributed by atoms with Gasteiger partial charge < -0.3 is 0 Å². The fourth-order valence-corrected chi connectivity index (χ4v) is 2.06. The minimum Gasteiger partial charge on any atom is -0.284 e. The van der Waals surface area contributed by atoms with E-state index in [4.69, 9.17) is 0 Å². The first-order chi connectivity index (χ1) is 8.81. The second-order valence-corrected chi connectivity index (χ2v) is 4.03. The predicted octanol–water partition coefficient (Wildman–Crippen LogP) is 1.15. The molecule has 2 heterocycles. The number of nitrogens with zero attached hydrogens (tertiary/aromatic N) is 4. The quantitative estimate of drug-likeness (QED) is 0.739. The molecule has 0 saturated carbocycles. The highest BCUT2D eigenvalue weighted by Crippen LogP contribution is 2.16. The highest BCUT2D eigenvalue weighted by molar-refractivity contribution is 5.85. The summed E-state index contributed by atoms with van der Waals surface area (Å²) >= 11 is 0. The first kappa shape index (κ1) is 10.7. The van der Waals surface area contributed by atoms with E-state index in [0.29, 0.717) is 18.9 Å². The monoisotopic (exact) mass is 240 g/mol. The molecule has 0 aliphatic carbocycles. The SMILES string of the molecule is C=CCn1nc2n(c1=O)-c1ccccc1C=NC2. The van der Waals surface area contributed by atoms with Gasteiger partial charge in [-0.2, -0.15) is 5.10 Å². The Hall–Kier alpha value is -2.43. The van der Waals surface area contributed by atoms with Crippen LogP contribution in [0, 0.1) is 0 Å². The molecule has 2 aromatic rings. The van der Waals surface area contributed by atoms with Gasteiger partial charge in [0.25, 0.3) is 0 Å². The molecule has 3 rings (SSSR count). The molecule has 0 amide bonds. The maximum atomic E-state index is 12.3.